The summed E-state index contributed by atoms with van der Waals surface area (Å²) in [5, 5.41) is 0. The summed E-state index contributed by atoms with van der Waals surface area (Å²) >= 11 is 0. The van der Waals surface area contributed by atoms with Crippen molar-refractivity contribution >= 4 is 0 Å². The van der Waals surface area contributed by atoms with E-state index in [2.05, 4.69) is 33.4 Å². The van der Waals surface area contributed by atoms with E-state index >= 15 is 0 Å². The van der Waals surface area contributed by atoms with Crippen molar-refractivity contribution in [1.29, 1.82) is 0 Å². The van der Waals surface area contributed by atoms with Crippen LogP contribution in [0, 0.1) is 17.3 Å². The maximum absolute atomic E-state index is 3.36. The van der Waals surface area contributed by atoms with Crippen LogP contribution in [0.3, 0.4) is 0 Å². The van der Waals surface area contributed by atoms with E-state index in [9.17, 15) is 0 Å². The minimum atomic E-state index is 0.565. The van der Waals surface area contributed by atoms with Gasteiger partial charge in [0.2, 0.25) is 0 Å². The largest absolute Gasteiger partial charge is 0.103 e. The Bertz CT molecular complexity index is 261. The molecule has 0 radical (unpaired) electrons. The molecule has 0 nitrogen and oxygen atoms in total. The van der Waals surface area contributed by atoms with Crippen LogP contribution in [0.5, 0.6) is 0 Å². The molecule has 0 spiro atoms. The molecule has 0 aromatic rings. The number of rotatable bonds is 0. The van der Waals surface area contributed by atoms with E-state index < -0.39 is 0 Å². The lowest BCUT2D eigenvalue weighted by molar-refractivity contribution is 0.145. The molecule has 0 aromatic heterocycles. The minimum absolute atomic E-state index is 0.565. The van der Waals surface area contributed by atoms with Crippen LogP contribution in [0.2, 0.25) is 0 Å². The fourth-order valence-corrected chi connectivity index (χ4v) is 3.32. The third kappa shape index (κ3) is 2.78. The molecule has 0 aromatic carbocycles. The molecule has 2 aliphatic carbocycles. The fraction of sp³-hybridized carbons (Fsp3) is 0.750. The zero-order chi connectivity index (χ0) is 12.2. The van der Waals surface area contributed by atoms with E-state index in [1.165, 1.54) is 32.1 Å². The van der Waals surface area contributed by atoms with Gasteiger partial charge < -0.3 is 0 Å². The highest BCUT2D eigenvalue weighted by Gasteiger charge is 2.40. The Morgan fingerprint density at radius 1 is 1.38 bits per heavy atom. The molecule has 2 aliphatic rings. The lowest BCUT2D eigenvalue weighted by atomic mass is 9.59. The second-order valence-corrected chi connectivity index (χ2v) is 5.88. The van der Waals surface area contributed by atoms with E-state index in [1.54, 1.807) is 11.6 Å². The molecule has 16 heavy (non-hydrogen) atoms. The van der Waals surface area contributed by atoms with Crippen LogP contribution in [0.25, 0.3) is 0 Å². The van der Waals surface area contributed by atoms with E-state index in [-0.39, 0.29) is 0 Å². The number of fused-ring (bicyclic) bond motifs is 1. The summed E-state index contributed by atoms with van der Waals surface area (Å²) in [4.78, 5) is 0. The van der Waals surface area contributed by atoms with E-state index in [0.717, 1.165) is 11.8 Å². The van der Waals surface area contributed by atoms with Crippen molar-refractivity contribution in [3.8, 4) is 0 Å². The van der Waals surface area contributed by atoms with E-state index in [4.69, 9.17) is 0 Å². The lowest BCUT2D eigenvalue weighted by Gasteiger charge is -2.46. The monoisotopic (exact) mass is 220 g/mol. The SMILES string of the molecule is C=CC.CC1CCC2=CCC[C@@H](C)[C@]2(C)C1. The maximum atomic E-state index is 3.36. The molecule has 1 fully saturated rings. The van der Waals surface area contributed by atoms with Gasteiger partial charge in [0.25, 0.3) is 0 Å². The van der Waals surface area contributed by atoms with Crippen LogP contribution in [0.1, 0.15) is 59.8 Å². The van der Waals surface area contributed by atoms with Crippen molar-refractivity contribution in [1.82, 2.24) is 0 Å². The Morgan fingerprint density at radius 2 is 2.00 bits per heavy atom. The Kier molecular flexibility index (Phi) is 4.83. The molecule has 0 heteroatoms. The van der Waals surface area contributed by atoms with Gasteiger partial charge in [0.15, 0.2) is 0 Å². The van der Waals surface area contributed by atoms with Gasteiger partial charge >= 0.3 is 0 Å². The Morgan fingerprint density at radius 3 is 2.62 bits per heavy atom. The average molecular weight is 220 g/mol. The third-order valence-electron chi connectivity index (χ3n) is 4.49. The van der Waals surface area contributed by atoms with Gasteiger partial charge in [0, 0.05) is 0 Å². The topological polar surface area (TPSA) is 0 Å². The molecule has 0 bridgehead atoms. The zero-order valence-corrected chi connectivity index (χ0v) is 11.6. The van der Waals surface area contributed by atoms with E-state index in [1.807, 2.05) is 6.92 Å². The number of hydrogen-bond acceptors (Lipinski definition) is 0. The first-order chi connectivity index (χ1) is 7.54. The molecule has 3 atom stereocenters. The normalized spacial score (nSPS) is 37.6. The van der Waals surface area contributed by atoms with Crippen LogP contribution >= 0.6 is 0 Å². The molecule has 0 saturated heterocycles. The molecule has 0 amide bonds. The first kappa shape index (κ1) is 13.5. The molecule has 0 N–H and O–H groups in total. The smallest absolute Gasteiger partial charge is 0.00881 e. The average Bonchev–Trinajstić information content (AvgIpc) is 2.21. The highest BCUT2D eigenvalue weighted by atomic mass is 14.4. The van der Waals surface area contributed by atoms with Gasteiger partial charge in [-0.25, -0.2) is 0 Å². The van der Waals surface area contributed by atoms with Gasteiger partial charge in [0.1, 0.15) is 0 Å². The van der Waals surface area contributed by atoms with Crippen molar-refractivity contribution < 1.29 is 0 Å². The third-order valence-corrected chi connectivity index (χ3v) is 4.49. The predicted octanol–water partition coefficient (Wildman–Crippen LogP) is 5.36. The first-order valence-electron chi connectivity index (χ1n) is 6.81. The van der Waals surface area contributed by atoms with Crippen molar-refractivity contribution in [2.24, 2.45) is 17.3 Å². The van der Waals surface area contributed by atoms with Gasteiger partial charge in [-0.3, -0.25) is 0 Å². The Labute approximate surface area is 102 Å². The molecular formula is C16H28. The van der Waals surface area contributed by atoms with Gasteiger partial charge in [-0.2, -0.15) is 0 Å². The fourth-order valence-electron chi connectivity index (χ4n) is 3.32. The van der Waals surface area contributed by atoms with Crippen LogP contribution in [-0.2, 0) is 0 Å². The first-order valence-corrected chi connectivity index (χ1v) is 6.81. The van der Waals surface area contributed by atoms with Crippen LogP contribution in [0.15, 0.2) is 24.3 Å². The molecular weight excluding hydrogens is 192 g/mol. The molecule has 1 unspecified atom stereocenters. The Hall–Kier alpha value is -0.520. The Balaban J connectivity index is 0.000000386. The zero-order valence-electron chi connectivity index (χ0n) is 11.6. The molecule has 92 valence electrons. The summed E-state index contributed by atoms with van der Waals surface area (Å²) in [5.41, 5.74) is 2.35. The lowest BCUT2D eigenvalue weighted by Crippen LogP contribution is -2.35. The summed E-state index contributed by atoms with van der Waals surface area (Å²) in [6.45, 7) is 12.6. The van der Waals surface area contributed by atoms with Crippen molar-refractivity contribution in [3.05, 3.63) is 24.3 Å². The van der Waals surface area contributed by atoms with Crippen LogP contribution in [-0.4, -0.2) is 0 Å². The number of hydrogen-bond donors (Lipinski definition) is 0. The molecule has 0 heterocycles. The van der Waals surface area contributed by atoms with Crippen molar-refractivity contribution in [3.63, 3.8) is 0 Å². The highest BCUT2D eigenvalue weighted by molar-refractivity contribution is 5.20. The maximum Gasteiger partial charge on any atom is -0.00881 e. The predicted molar refractivity (Wildman–Crippen MR) is 73.5 cm³/mol. The van der Waals surface area contributed by atoms with Gasteiger partial charge in [0.05, 0.1) is 0 Å². The van der Waals surface area contributed by atoms with Crippen molar-refractivity contribution in [2.45, 2.75) is 59.8 Å². The van der Waals surface area contributed by atoms with Gasteiger partial charge in [-0.1, -0.05) is 38.5 Å². The summed E-state index contributed by atoms with van der Waals surface area (Å²) in [6, 6.07) is 0. The van der Waals surface area contributed by atoms with Crippen LogP contribution in [0.4, 0.5) is 0 Å². The number of allylic oxidation sites excluding steroid dienone is 3. The van der Waals surface area contributed by atoms with Crippen LogP contribution < -0.4 is 0 Å². The van der Waals surface area contributed by atoms with Crippen molar-refractivity contribution in [2.75, 3.05) is 0 Å². The molecule has 0 aliphatic heterocycles. The van der Waals surface area contributed by atoms with E-state index in [0.29, 0.717) is 5.41 Å². The highest BCUT2D eigenvalue weighted by Crippen LogP contribution is 2.51. The minimum Gasteiger partial charge on any atom is -0.103 e. The summed E-state index contributed by atoms with van der Waals surface area (Å²) in [7, 11) is 0. The quantitative estimate of drug-likeness (QED) is 0.482. The molecule has 1 saturated carbocycles. The molecule has 2 rings (SSSR count). The summed E-state index contributed by atoms with van der Waals surface area (Å²) < 4.78 is 0. The summed E-state index contributed by atoms with van der Waals surface area (Å²) in [6.07, 6.45) is 11.3. The van der Waals surface area contributed by atoms with Gasteiger partial charge in [-0.15, -0.1) is 6.58 Å². The van der Waals surface area contributed by atoms with Gasteiger partial charge in [-0.05, 0) is 56.3 Å². The second kappa shape index (κ2) is 5.70. The summed E-state index contributed by atoms with van der Waals surface area (Å²) in [5.74, 6) is 1.86. The second-order valence-electron chi connectivity index (χ2n) is 5.88. The standard InChI is InChI=1S/C13H22.C3H6/c1-10-7-8-12-6-4-5-11(2)13(12,3)9-10;1-3-2/h6,10-11H,4-5,7-9H2,1-3H3;3H,1H2,2H3/t10?,11-,13+;/m1./s1.